The zero-order chi connectivity index (χ0) is 30.5. The van der Waals surface area contributed by atoms with Crippen LogP contribution in [-0.4, -0.2) is 61.6 Å². The second kappa shape index (κ2) is 13.1. The van der Waals surface area contributed by atoms with Crippen LogP contribution in [-0.2, 0) is 23.4 Å². The molecule has 13 nitrogen and oxygen atoms in total. The summed E-state index contributed by atoms with van der Waals surface area (Å²) >= 11 is 0. The lowest BCUT2D eigenvalue weighted by molar-refractivity contribution is -0.146. The molecule has 4 N–H and O–H groups in total. The molecular formula is C27H34FN6O7P. The molecule has 226 valence electrons. The van der Waals surface area contributed by atoms with E-state index < -0.39 is 50.4 Å². The molecule has 42 heavy (non-hydrogen) atoms. The van der Waals surface area contributed by atoms with Crippen LogP contribution in [0.4, 0.5) is 10.2 Å². The fraction of sp³-hybridized carbons (Fsp3) is 0.481. The molecule has 1 aliphatic rings. The molecule has 2 aromatic heterocycles. The highest BCUT2D eigenvalue weighted by atomic mass is 31.2. The number of carbonyl (C=O) groups is 1. The summed E-state index contributed by atoms with van der Waals surface area (Å²) in [6, 6.07) is 7.09. The Hall–Kier alpha value is -3.60. The molecule has 0 radical (unpaired) electrons. The van der Waals surface area contributed by atoms with E-state index in [2.05, 4.69) is 26.0 Å². The van der Waals surface area contributed by atoms with E-state index in [1.807, 2.05) is 13.8 Å². The smallest absolute Gasteiger partial charge is 0.459 e. The summed E-state index contributed by atoms with van der Waals surface area (Å²) in [5.41, 5.74) is 4.11. The number of ether oxygens (including phenoxy) is 2. The maximum Gasteiger partial charge on any atom is 0.459 e. The van der Waals surface area contributed by atoms with Gasteiger partial charge in [-0.05, 0) is 25.0 Å². The van der Waals surface area contributed by atoms with Crippen LogP contribution in [0.15, 0.2) is 36.7 Å². The molecule has 0 aliphatic carbocycles. The molecule has 1 fully saturated rings. The van der Waals surface area contributed by atoms with E-state index in [1.54, 1.807) is 30.3 Å². The van der Waals surface area contributed by atoms with Gasteiger partial charge in [-0.15, -0.1) is 6.42 Å². The number of nitrogens with one attached hydrogen (secondary N) is 1. The van der Waals surface area contributed by atoms with Crippen molar-refractivity contribution < 1.29 is 37.4 Å². The van der Waals surface area contributed by atoms with E-state index in [0.717, 1.165) is 12.8 Å². The van der Waals surface area contributed by atoms with Gasteiger partial charge in [0.2, 0.25) is 0 Å². The highest BCUT2D eigenvalue weighted by Gasteiger charge is 2.50. The quantitative estimate of drug-likeness (QED) is 0.113. The Labute approximate surface area is 242 Å². The Bertz CT molecular complexity index is 1480. The molecule has 1 aliphatic heterocycles. The number of fused-ring (bicyclic) bond motifs is 1. The van der Waals surface area contributed by atoms with Crippen molar-refractivity contribution in [3.05, 3.63) is 42.7 Å². The summed E-state index contributed by atoms with van der Waals surface area (Å²) in [7, 11) is -4.32. The molecule has 0 amide bonds. The monoisotopic (exact) mass is 604 g/mol. The van der Waals surface area contributed by atoms with Gasteiger partial charge in [-0.3, -0.25) is 13.9 Å². The number of hydrogen-bond acceptors (Lipinski definition) is 11. The van der Waals surface area contributed by atoms with Gasteiger partial charge in [-0.2, -0.15) is 19.4 Å². The van der Waals surface area contributed by atoms with Gasteiger partial charge in [-0.1, -0.05) is 50.8 Å². The topological polar surface area (TPSA) is 173 Å². The maximum atomic E-state index is 14.0. The fourth-order valence-corrected chi connectivity index (χ4v) is 5.90. The second-order valence-corrected chi connectivity index (χ2v) is 11.6. The normalized spacial score (nSPS) is 22.5. The van der Waals surface area contributed by atoms with Gasteiger partial charge in [-0.25, -0.2) is 9.55 Å². The van der Waals surface area contributed by atoms with Crippen molar-refractivity contribution in [3.8, 4) is 18.1 Å². The van der Waals surface area contributed by atoms with E-state index in [-0.39, 0.29) is 41.7 Å². The molecule has 3 heterocycles. The van der Waals surface area contributed by atoms with Gasteiger partial charge in [0.15, 0.2) is 22.6 Å². The minimum absolute atomic E-state index is 0.0337. The van der Waals surface area contributed by atoms with Crippen molar-refractivity contribution in [2.24, 2.45) is 5.92 Å². The lowest BCUT2D eigenvalue weighted by Crippen LogP contribution is -2.43. The zero-order valence-electron chi connectivity index (χ0n) is 23.5. The molecule has 0 spiro atoms. The number of nitrogens with zero attached hydrogens (tertiary/aromatic N) is 4. The number of para-hydroxylation sites is 1. The first-order valence-electron chi connectivity index (χ1n) is 13.5. The van der Waals surface area contributed by atoms with Crippen LogP contribution >= 0.6 is 7.75 Å². The minimum Gasteiger partial charge on any atom is -0.464 e. The Morgan fingerprint density at radius 1 is 1.36 bits per heavy atom. The number of anilines is 1. The van der Waals surface area contributed by atoms with Crippen molar-refractivity contribution >= 4 is 30.7 Å². The Morgan fingerprint density at radius 3 is 2.74 bits per heavy atom. The molecule has 0 bridgehead atoms. The van der Waals surface area contributed by atoms with E-state index >= 15 is 0 Å². The Morgan fingerprint density at radius 2 is 2.07 bits per heavy atom. The van der Waals surface area contributed by atoms with Crippen molar-refractivity contribution in [1.82, 2.24) is 24.6 Å². The first-order chi connectivity index (χ1) is 20.0. The van der Waals surface area contributed by atoms with Crippen molar-refractivity contribution in [2.45, 2.75) is 64.0 Å². The van der Waals surface area contributed by atoms with Gasteiger partial charge in [0.05, 0.1) is 12.9 Å². The van der Waals surface area contributed by atoms with Gasteiger partial charge >= 0.3 is 19.8 Å². The van der Waals surface area contributed by atoms with E-state index in [4.69, 9.17) is 30.7 Å². The van der Waals surface area contributed by atoms with Crippen LogP contribution in [0, 0.1) is 24.3 Å². The molecule has 4 rings (SSSR count). The van der Waals surface area contributed by atoms with Crippen molar-refractivity contribution in [3.63, 3.8) is 0 Å². The number of aliphatic hydroxyl groups is 1. The van der Waals surface area contributed by atoms with Crippen LogP contribution in [0.25, 0.3) is 11.2 Å². The van der Waals surface area contributed by atoms with E-state index in [1.165, 1.54) is 17.8 Å². The van der Waals surface area contributed by atoms with E-state index in [9.17, 15) is 18.9 Å². The number of aliphatic hydroxyl groups excluding tert-OH is 1. The first kappa shape index (κ1) is 31.3. The lowest BCUT2D eigenvalue weighted by Gasteiger charge is -2.29. The number of esters is 1. The number of rotatable bonds is 13. The number of aromatic nitrogens is 4. The fourth-order valence-electron chi connectivity index (χ4n) is 4.37. The summed E-state index contributed by atoms with van der Waals surface area (Å²) in [6.07, 6.45) is 5.36. The number of terminal acetylenes is 1. The lowest BCUT2D eigenvalue weighted by atomic mass is 9.99. The van der Waals surface area contributed by atoms with Gasteiger partial charge in [0.25, 0.3) is 0 Å². The van der Waals surface area contributed by atoms with Crippen LogP contribution in [0.3, 0.4) is 0 Å². The third-order valence-corrected chi connectivity index (χ3v) is 8.65. The summed E-state index contributed by atoms with van der Waals surface area (Å²) in [5.74, 6) is 1.96. The molecule has 5 atom stereocenters. The number of nitrogens with two attached hydrogens (primary N) is 1. The number of hydrogen-bond donors (Lipinski definition) is 3. The van der Waals surface area contributed by atoms with Crippen LogP contribution in [0.1, 0.15) is 46.3 Å². The molecule has 0 saturated carbocycles. The van der Waals surface area contributed by atoms with Gasteiger partial charge < -0.3 is 24.8 Å². The minimum atomic E-state index is -4.32. The summed E-state index contributed by atoms with van der Waals surface area (Å²) in [6.45, 7) is 5.08. The maximum absolute atomic E-state index is 14.0. The van der Waals surface area contributed by atoms with Gasteiger partial charge in [0.1, 0.15) is 30.7 Å². The van der Waals surface area contributed by atoms with Crippen molar-refractivity contribution in [2.75, 3.05) is 18.9 Å². The summed E-state index contributed by atoms with van der Waals surface area (Å²) < 4.78 is 52.0. The number of carbonyl (C=O) groups excluding carboxylic acids is 1. The first-order valence-corrected chi connectivity index (χ1v) is 15.0. The Kier molecular flexibility index (Phi) is 9.81. The van der Waals surface area contributed by atoms with Crippen LogP contribution in [0.5, 0.6) is 5.75 Å². The predicted molar refractivity (Wildman–Crippen MR) is 150 cm³/mol. The average Bonchev–Trinajstić information content (AvgIpc) is 3.54. The summed E-state index contributed by atoms with van der Waals surface area (Å²) in [5, 5.41) is 13.6. The predicted octanol–water partition coefficient (Wildman–Crippen LogP) is 3.36. The van der Waals surface area contributed by atoms with Gasteiger partial charge in [0, 0.05) is 6.42 Å². The summed E-state index contributed by atoms with van der Waals surface area (Å²) in [4.78, 5) is 24.0. The van der Waals surface area contributed by atoms with Crippen molar-refractivity contribution in [1.29, 1.82) is 0 Å². The third-order valence-electron chi connectivity index (χ3n) is 7.02. The molecule has 15 heteroatoms. The second-order valence-electron chi connectivity index (χ2n) is 9.90. The Balaban J connectivity index is 1.53. The average molecular weight is 605 g/mol. The highest BCUT2D eigenvalue weighted by molar-refractivity contribution is 7.52. The zero-order valence-corrected chi connectivity index (χ0v) is 24.4. The molecule has 1 aromatic carbocycles. The van der Waals surface area contributed by atoms with Crippen LogP contribution in [0.2, 0.25) is 0 Å². The third kappa shape index (κ3) is 6.88. The largest absolute Gasteiger partial charge is 0.464 e. The molecular weight excluding hydrogens is 570 g/mol. The molecule has 1 unspecified atom stereocenters. The highest BCUT2D eigenvalue weighted by Crippen LogP contribution is 2.48. The number of imidazole rings is 1. The number of halogens is 1. The SMILES string of the molecule is C#C[C@]1(COP(=O)(N[C@@H](C)C(=O)OCC(CC)CC)Oc2ccccc2)O[C@@H](n2cnc3c(N)nc(F)nc32)C[C@@H]1O. The standard InChI is InChI=1S/C27H34FN6O7P/c1-5-18(6-2)14-38-25(36)17(4)33-42(37,41-19-11-9-8-10-12-19)39-15-27(7-3)20(35)13-21(40-27)34-16-30-22-23(29)31-26(28)32-24(22)34/h3,8-12,16-18,20-21,35H,5-6,13-15H2,1-2,4H3,(H,33,37)(H2,29,31,32)/t17-,20-,21+,27+,42?/m0/s1. The number of benzene rings is 1. The van der Waals surface area contributed by atoms with Crippen LogP contribution < -0.4 is 15.3 Å². The number of nitrogen functional groups attached to an aromatic ring is 1. The molecule has 3 aromatic rings. The molecule has 1 saturated heterocycles. The van der Waals surface area contributed by atoms with E-state index in [0.29, 0.717) is 0 Å².